The molecule has 2 aromatic rings. The SMILES string of the molecule is Fc1cccnc1Br.O=C(c1ncccc1F)C1CCC(F)(F)CC1. The van der Waals surface area contributed by atoms with Crippen molar-refractivity contribution in [3.63, 3.8) is 0 Å². The topological polar surface area (TPSA) is 42.9 Å². The highest BCUT2D eigenvalue weighted by molar-refractivity contribution is 9.10. The number of ketones is 1. The molecule has 0 radical (unpaired) electrons. The summed E-state index contributed by atoms with van der Waals surface area (Å²) in [5.74, 6) is -4.68. The summed E-state index contributed by atoms with van der Waals surface area (Å²) in [6.07, 6.45) is 2.43. The third-order valence-electron chi connectivity index (χ3n) is 3.79. The number of rotatable bonds is 2. The first-order chi connectivity index (χ1) is 11.8. The van der Waals surface area contributed by atoms with Gasteiger partial charge in [0.05, 0.1) is 0 Å². The lowest BCUT2D eigenvalue weighted by molar-refractivity contribution is -0.0425. The van der Waals surface area contributed by atoms with Crippen molar-refractivity contribution in [1.29, 1.82) is 0 Å². The van der Waals surface area contributed by atoms with Gasteiger partial charge in [-0.15, -0.1) is 0 Å². The van der Waals surface area contributed by atoms with Crippen LogP contribution in [0, 0.1) is 17.6 Å². The van der Waals surface area contributed by atoms with Crippen LogP contribution in [0.25, 0.3) is 0 Å². The zero-order valence-corrected chi connectivity index (χ0v) is 14.6. The average Bonchev–Trinajstić information content (AvgIpc) is 2.58. The van der Waals surface area contributed by atoms with Crippen LogP contribution in [0.5, 0.6) is 0 Å². The first-order valence-electron chi connectivity index (χ1n) is 7.59. The lowest BCUT2D eigenvalue weighted by Gasteiger charge is -2.27. The van der Waals surface area contributed by atoms with Crippen LogP contribution < -0.4 is 0 Å². The van der Waals surface area contributed by atoms with Crippen molar-refractivity contribution in [3.05, 3.63) is 58.6 Å². The quantitative estimate of drug-likeness (QED) is 0.381. The van der Waals surface area contributed by atoms with Crippen LogP contribution in [-0.4, -0.2) is 21.7 Å². The van der Waals surface area contributed by atoms with E-state index in [1.807, 2.05) is 0 Å². The van der Waals surface area contributed by atoms with E-state index in [-0.39, 0.29) is 41.8 Å². The van der Waals surface area contributed by atoms with Gasteiger partial charge >= 0.3 is 0 Å². The van der Waals surface area contributed by atoms with Gasteiger partial charge in [0.25, 0.3) is 0 Å². The highest BCUT2D eigenvalue weighted by Crippen LogP contribution is 2.37. The van der Waals surface area contributed by atoms with Gasteiger partial charge in [-0.05, 0) is 53.0 Å². The molecule has 0 aromatic carbocycles. The maximum Gasteiger partial charge on any atom is 0.248 e. The van der Waals surface area contributed by atoms with Gasteiger partial charge in [0.1, 0.15) is 10.3 Å². The van der Waals surface area contributed by atoms with Crippen LogP contribution in [0.1, 0.15) is 36.2 Å². The number of hydrogen-bond acceptors (Lipinski definition) is 3. The smallest absolute Gasteiger partial charge is 0.248 e. The number of carbonyl (C=O) groups is 1. The second-order valence-corrected chi connectivity index (χ2v) is 6.36. The van der Waals surface area contributed by atoms with Gasteiger partial charge in [0, 0.05) is 31.2 Å². The highest BCUT2D eigenvalue weighted by Gasteiger charge is 2.38. The van der Waals surface area contributed by atoms with Gasteiger partial charge in [-0.3, -0.25) is 9.78 Å². The number of nitrogens with zero attached hydrogens (tertiary/aromatic N) is 2. The van der Waals surface area contributed by atoms with Gasteiger partial charge in [-0.1, -0.05) is 0 Å². The molecule has 0 unspecified atom stereocenters. The monoisotopic (exact) mass is 418 g/mol. The van der Waals surface area contributed by atoms with Crippen LogP contribution >= 0.6 is 15.9 Å². The second kappa shape index (κ2) is 8.51. The molecule has 2 aromatic heterocycles. The summed E-state index contributed by atoms with van der Waals surface area (Å²) in [4.78, 5) is 19.2. The Morgan fingerprint density at radius 3 is 2.08 bits per heavy atom. The van der Waals surface area contributed by atoms with E-state index in [0.717, 1.165) is 6.07 Å². The maximum atomic E-state index is 13.3. The summed E-state index contributed by atoms with van der Waals surface area (Å²) in [5.41, 5.74) is -0.234. The van der Waals surface area contributed by atoms with Crippen LogP contribution in [0.3, 0.4) is 0 Å². The fraction of sp³-hybridized carbons (Fsp3) is 0.353. The fourth-order valence-electron chi connectivity index (χ4n) is 2.43. The minimum atomic E-state index is -2.68. The van der Waals surface area contributed by atoms with Crippen LogP contribution in [0.2, 0.25) is 0 Å². The van der Waals surface area contributed by atoms with Gasteiger partial charge < -0.3 is 0 Å². The molecule has 3 nitrogen and oxygen atoms in total. The molecule has 1 saturated carbocycles. The van der Waals surface area contributed by atoms with Crippen LogP contribution in [0.4, 0.5) is 17.6 Å². The van der Waals surface area contributed by atoms with Crippen molar-refractivity contribution < 1.29 is 22.4 Å². The lowest BCUT2D eigenvalue weighted by atomic mass is 9.83. The zero-order valence-electron chi connectivity index (χ0n) is 13.1. The molecule has 3 rings (SSSR count). The molecule has 1 fully saturated rings. The Morgan fingerprint density at radius 1 is 1.04 bits per heavy atom. The third-order valence-corrected chi connectivity index (χ3v) is 4.38. The second-order valence-electron chi connectivity index (χ2n) is 5.60. The molecule has 8 heteroatoms. The molecular formula is C17H15BrF4N2O. The van der Waals surface area contributed by atoms with Crippen molar-refractivity contribution >= 4 is 21.7 Å². The van der Waals surface area contributed by atoms with E-state index in [0.29, 0.717) is 0 Å². The molecule has 0 spiro atoms. The molecule has 0 atom stereocenters. The molecule has 134 valence electrons. The Balaban J connectivity index is 0.000000236. The molecule has 1 aliphatic carbocycles. The summed E-state index contributed by atoms with van der Waals surface area (Å²) in [7, 11) is 0. The first kappa shape index (κ1) is 19.5. The van der Waals surface area contributed by atoms with E-state index < -0.39 is 23.4 Å². The maximum absolute atomic E-state index is 13.3. The largest absolute Gasteiger partial charge is 0.292 e. The number of pyridine rings is 2. The lowest BCUT2D eigenvalue weighted by Crippen LogP contribution is -2.29. The normalized spacial score (nSPS) is 16.7. The van der Waals surface area contributed by atoms with Crippen molar-refractivity contribution in [3.8, 4) is 0 Å². The molecule has 0 amide bonds. The number of aromatic nitrogens is 2. The molecule has 0 saturated heterocycles. The van der Waals surface area contributed by atoms with E-state index in [2.05, 4.69) is 25.9 Å². The summed E-state index contributed by atoms with van der Waals surface area (Å²) in [6, 6.07) is 5.43. The van der Waals surface area contributed by atoms with Gasteiger partial charge in [-0.2, -0.15) is 0 Å². The molecule has 0 N–H and O–H groups in total. The van der Waals surface area contributed by atoms with Gasteiger partial charge in [-0.25, -0.2) is 22.5 Å². The molecule has 2 heterocycles. The first-order valence-corrected chi connectivity index (χ1v) is 8.38. The Kier molecular flexibility index (Phi) is 6.64. The van der Waals surface area contributed by atoms with Crippen LogP contribution in [-0.2, 0) is 0 Å². The standard InChI is InChI=1S/C12H12F3NO.C5H3BrFN/c13-9-2-1-7-16-10(9)11(17)8-3-5-12(14,15)6-4-8;6-5-4(7)2-1-3-8-5/h1-2,7-8H,3-6H2;1-3H. The highest BCUT2D eigenvalue weighted by atomic mass is 79.9. The van der Waals surface area contributed by atoms with E-state index in [9.17, 15) is 22.4 Å². The summed E-state index contributed by atoms with van der Waals surface area (Å²) in [6.45, 7) is 0. The minimum absolute atomic E-state index is 0.0991. The summed E-state index contributed by atoms with van der Waals surface area (Å²) >= 11 is 2.91. The molecule has 0 aliphatic heterocycles. The Morgan fingerprint density at radius 2 is 1.60 bits per heavy atom. The summed E-state index contributed by atoms with van der Waals surface area (Å²) in [5, 5.41) is 0. The number of Topliss-reactive ketones (excluding diaryl/α,β-unsaturated/α-hetero) is 1. The van der Waals surface area contributed by atoms with E-state index in [1.165, 1.54) is 24.5 Å². The minimum Gasteiger partial charge on any atom is -0.292 e. The molecule has 0 bridgehead atoms. The van der Waals surface area contributed by atoms with E-state index in [1.54, 1.807) is 6.07 Å². The molecule has 1 aliphatic rings. The van der Waals surface area contributed by atoms with Gasteiger partial charge in [0.15, 0.2) is 17.4 Å². The number of halogens is 5. The number of carbonyl (C=O) groups excluding carboxylic acids is 1. The van der Waals surface area contributed by atoms with E-state index >= 15 is 0 Å². The average molecular weight is 419 g/mol. The molecule has 25 heavy (non-hydrogen) atoms. The number of alkyl halides is 2. The number of hydrogen-bond donors (Lipinski definition) is 0. The van der Waals surface area contributed by atoms with Crippen molar-refractivity contribution in [2.75, 3.05) is 0 Å². The Bertz CT molecular complexity index is 711. The Labute approximate surface area is 150 Å². The molecular weight excluding hydrogens is 404 g/mol. The van der Waals surface area contributed by atoms with Gasteiger partial charge in [0.2, 0.25) is 5.92 Å². The summed E-state index contributed by atoms with van der Waals surface area (Å²) < 4.78 is 51.6. The predicted molar refractivity (Wildman–Crippen MR) is 87.3 cm³/mol. The van der Waals surface area contributed by atoms with E-state index in [4.69, 9.17) is 0 Å². The van der Waals surface area contributed by atoms with Crippen LogP contribution in [0.15, 0.2) is 41.3 Å². The third kappa shape index (κ3) is 5.59. The zero-order chi connectivity index (χ0) is 18.4. The Hall–Kier alpha value is -1.83. The van der Waals surface area contributed by atoms with Crippen molar-refractivity contribution in [2.24, 2.45) is 5.92 Å². The van der Waals surface area contributed by atoms with Crippen molar-refractivity contribution in [2.45, 2.75) is 31.6 Å². The van der Waals surface area contributed by atoms with Crippen molar-refractivity contribution in [1.82, 2.24) is 9.97 Å². The predicted octanol–water partition coefficient (Wildman–Crippen LogP) is 5.21. The fourth-order valence-corrected chi connectivity index (χ4v) is 2.68.